The van der Waals surface area contributed by atoms with E-state index in [9.17, 15) is 0 Å². The molecule has 3 atom stereocenters. The van der Waals surface area contributed by atoms with E-state index in [0.717, 1.165) is 19.3 Å². The van der Waals surface area contributed by atoms with Crippen LogP contribution in [0.2, 0.25) is 0 Å². The minimum atomic E-state index is 0.583. The van der Waals surface area contributed by atoms with Crippen LogP contribution in [0.3, 0.4) is 0 Å². The van der Waals surface area contributed by atoms with Crippen molar-refractivity contribution in [3.63, 3.8) is 0 Å². The number of halogens is 3. The predicted molar refractivity (Wildman–Crippen MR) is 95.3 cm³/mol. The van der Waals surface area contributed by atoms with Gasteiger partial charge in [0.25, 0.3) is 0 Å². The second-order valence-electron chi connectivity index (χ2n) is 5.79. The molecule has 110 valence electrons. The second kappa shape index (κ2) is 6.67. The van der Waals surface area contributed by atoms with Gasteiger partial charge in [0.1, 0.15) is 0 Å². The summed E-state index contributed by atoms with van der Waals surface area (Å²) < 4.78 is 3.31. The van der Waals surface area contributed by atoms with E-state index in [-0.39, 0.29) is 0 Å². The van der Waals surface area contributed by atoms with Crippen LogP contribution in [-0.4, -0.2) is 18.6 Å². The van der Waals surface area contributed by atoms with Gasteiger partial charge in [0, 0.05) is 25.5 Å². The first-order valence-electron chi connectivity index (χ1n) is 7.29. The highest BCUT2D eigenvalue weighted by Gasteiger charge is 2.35. The van der Waals surface area contributed by atoms with Gasteiger partial charge in [-0.25, -0.2) is 0 Å². The Hall–Kier alpha value is 0.420. The first-order valence-corrected chi connectivity index (χ1v) is 9.67. The zero-order chi connectivity index (χ0) is 14.1. The molecule has 1 aliphatic heterocycles. The molecule has 2 fully saturated rings. The SMILES string of the molecule is Brc1cc(Br)c(NC2CCCC2C2CCCN2)c(Br)c1. The lowest BCUT2D eigenvalue weighted by Crippen LogP contribution is -2.38. The highest BCUT2D eigenvalue weighted by Crippen LogP contribution is 2.39. The third-order valence-electron chi connectivity index (χ3n) is 4.52. The molecular weight excluding hydrogens is 448 g/mol. The van der Waals surface area contributed by atoms with Crippen LogP contribution in [0.1, 0.15) is 32.1 Å². The lowest BCUT2D eigenvalue weighted by molar-refractivity contribution is 0.376. The van der Waals surface area contributed by atoms with Crippen LogP contribution in [-0.2, 0) is 0 Å². The van der Waals surface area contributed by atoms with Crippen LogP contribution in [0.5, 0.6) is 0 Å². The molecule has 2 nitrogen and oxygen atoms in total. The molecule has 1 heterocycles. The molecule has 2 aliphatic rings. The Balaban J connectivity index is 1.76. The van der Waals surface area contributed by atoms with Gasteiger partial charge in [-0.15, -0.1) is 0 Å². The van der Waals surface area contributed by atoms with E-state index < -0.39 is 0 Å². The maximum atomic E-state index is 3.78. The summed E-state index contributed by atoms with van der Waals surface area (Å²) >= 11 is 10.9. The fourth-order valence-electron chi connectivity index (χ4n) is 3.59. The quantitative estimate of drug-likeness (QED) is 0.631. The van der Waals surface area contributed by atoms with Crippen LogP contribution in [0.25, 0.3) is 0 Å². The Kier molecular flexibility index (Phi) is 5.11. The Morgan fingerprint density at radius 2 is 1.75 bits per heavy atom. The first kappa shape index (κ1) is 15.3. The number of hydrogen-bond donors (Lipinski definition) is 2. The average molecular weight is 467 g/mol. The minimum Gasteiger partial charge on any atom is -0.380 e. The van der Waals surface area contributed by atoms with Crippen molar-refractivity contribution in [1.29, 1.82) is 0 Å². The molecule has 0 spiro atoms. The minimum absolute atomic E-state index is 0.583. The van der Waals surface area contributed by atoms with Gasteiger partial charge in [-0.05, 0) is 82.1 Å². The van der Waals surface area contributed by atoms with Crippen LogP contribution in [0.15, 0.2) is 25.6 Å². The van der Waals surface area contributed by atoms with E-state index in [2.05, 4.69) is 70.6 Å². The van der Waals surface area contributed by atoms with Gasteiger partial charge in [-0.2, -0.15) is 0 Å². The molecule has 1 aliphatic carbocycles. The molecule has 5 heteroatoms. The van der Waals surface area contributed by atoms with Gasteiger partial charge in [0.05, 0.1) is 5.69 Å². The van der Waals surface area contributed by atoms with E-state index >= 15 is 0 Å². The lowest BCUT2D eigenvalue weighted by Gasteiger charge is -2.28. The molecule has 0 bridgehead atoms. The molecule has 1 aromatic carbocycles. The highest BCUT2D eigenvalue weighted by molar-refractivity contribution is 9.11. The van der Waals surface area contributed by atoms with Crippen molar-refractivity contribution in [2.45, 2.75) is 44.2 Å². The normalized spacial score (nSPS) is 29.9. The molecule has 1 saturated carbocycles. The van der Waals surface area contributed by atoms with Gasteiger partial charge < -0.3 is 10.6 Å². The number of anilines is 1. The first-order chi connectivity index (χ1) is 9.65. The molecule has 20 heavy (non-hydrogen) atoms. The molecule has 1 aromatic rings. The molecule has 1 saturated heterocycles. The smallest absolute Gasteiger partial charge is 0.0632 e. The topological polar surface area (TPSA) is 24.1 Å². The Morgan fingerprint density at radius 1 is 1.00 bits per heavy atom. The Labute approximate surface area is 145 Å². The van der Waals surface area contributed by atoms with Crippen molar-refractivity contribution >= 4 is 53.5 Å². The van der Waals surface area contributed by atoms with Crippen molar-refractivity contribution in [1.82, 2.24) is 5.32 Å². The maximum Gasteiger partial charge on any atom is 0.0632 e. The van der Waals surface area contributed by atoms with Gasteiger partial charge in [0.15, 0.2) is 0 Å². The Bertz CT molecular complexity index is 463. The summed E-state index contributed by atoms with van der Waals surface area (Å²) in [6, 6.07) is 5.50. The number of benzene rings is 1. The van der Waals surface area contributed by atoms with Crippen LogP contribution in [0, 0.1) is 5.92 Å². The van der Waals surface area contributed by atoms with E-state index in [4.69, 9.17) is 0 Å². The average Bonchev–Trinajstić information content (AvgIpc) is 3.04. The molecule has 2 N–H and O–H groups in total. The van der Waals surface area contributed by atoms with Crippen molar-refractivity contribution in [3.05, 3.63) is 25.6 Å². The van der Waals surface area contributed by atoms with Gasteiger partial charge in [0.2, 0.25) is 0 Å². The van der Waals surface area contributed by atoms with Crippen molar-refractivity contribution in [2.24, 2.45) is 5.92 Å². The van der Waals surface area contributed by atoms with Crippen LogP contribution < -0.4 is 10.6 Å². The Morgan fingerprint density at radius 3 is 2.40 bits per heavy atom. The van der Waals surface area contributed by atoms with Crippen molar-refractivity contribution in [3.8, 4) is 0 Å². The largest absolute Gasteiger partial charge is 0.380 e. The standard InChI is InChI=1S/C15H19Br3N2/c16-9-7-11(17)15(12(18)8-9)20-14-4-1-3-10(14)13-5-2-6-19-13/h7-8,10,13-14,19-20H,1-6H2. The molecule has 0 amide bonds. The van der Waals surface area contributed by atoms with Crippen LogP contribution in [0.4, 0.5) is 5.69 Å². The summed E-state index contributed by atoms with van der Waals surface area (Å²) in [4.78, 5) is 0. The summed E-state index contributed by atoms with van der Waals surface area (Å²) in [5.74, 6) is 0.764. The van der Waals surface area contributed by atoms with Crippen molar-refractivity contribution in [2.75, 3.05) is 11.9 Å². The maximum absolute atomic E-state index is 3.78. The third-order valence-corrected chi connectivity index (χ3v) is 6.23. The summed E-state index contributed by atoms with van der Waals surface area (Å²) in [5, 5.41) is 7.46. The van der Waals surface area contributed by atoms with E-state index in [1.54, 1.807) is 0 Å². The monoisotopic (exact) mass is 464 g/mol. The third kappa shape index (κ3) is 3.26. The van der Waals surface area contributed by atoms with Gasteiger partial charge >= 0.3 is 0 Å². The molecule has 3 rings (SSSR count). The highest BCUT2D eigenvalue weighted by atomic mass is 79.9. The van der Waals surface area contributed by atoms with Gasteiger partial charge in [-0.1, -0.05) is 22.4 Å². The fourth-order valence-corrected chi connectivity index (χ4v) is 6.08. The predicted octanol–water partition coefficient (Wildman–Crippen LogP) is 5.31. The van der Waals surface area contributed by atoms with Crippen LogP contribution >= 0.6 is 47.8 Å². The molecule has 0 radical (unpaired) electrons. The lowest BCUT2D eigenvalue weighted by atomic mass is 9.93. The summed E-state index contributed by atoms with van der Waals surface area (Å²) in [6.45, 7) is 1.19. The molecular formula is C15H19Br3N2. The summed E-state index contributed by atoms with van der Waals surface area (Å²) in [7, 11) is 0. The van der Waals surface area contributed by atoms with E-state index in [1.807, 2.05) is 0 Å². The van der Waals surface area contributed by atoms with Crippen molar-refractivity contribution < 1.29 is 0 Å². The number of hydrogen-bond acceptors (Lipinski definition) is 2. The molecule has 0 aromatic heterocycles. The zero-order valence-corrected chi connectivity index (χ0v) is 16.0. The zero-order valence-electron chi connectivity index (χ0n) is 11.3. The van der Waals surface area contributed by atoms with E-state index in [0.29, 0.717) is 12.1 Å². The fraction of sp³-hybridized carbons (Fsp3) is 0.600. The summed E-state index contributed by atoms with van der Waals surface area (Å²) in [6.07, 6.45) is 6.64. The second-order valence-corrected chi connectivity index (χ2v) is 8.42. The number of rotatable bonds is 3. The summed E-state index contributed by atoms with van der Waals surface area (Å²) in [5.41, 5.74) is 1.18. The molecule has 3 unspecified atom stereocenters. The van der Waals surface area contributed by atoms with Gasteiger partial charge in [-0.3, -0.25) is 0 Å². The van der Waals surface area contributed by atoms with E-state index in [1.165, 1.54) is 44.3 Å². The number of nitrogens with one attached hydrogen (secondary N) is 2.